The van der Waals surface area contributed by atoms with Crippen LogP contribution in [0.15, 0.2) is 95.4 Å². The lowest BCUT2D eigenvalue weighted by Gasteiger charge is -2.31. The molecule has 1 aliphatic heterocycles. The first-order valence-corrected chi connectivity index (χ1v) is 17.5. The smallest absolute Gasteiger partial charge is 0.261 e. The van der Waals surface area contributed by atoms with Crippen LogP contribution in [0.2, 0.25) is 0 Å². The number of sulfonamides is 1. The molecule has 2 aliphatic rings. The third-order valence-electron chi connectivity index (χ3n) is 8.43. The second kappa shape index (κ2) is 16.6. The molecule has 1 atom stereocenters. The summed E-state index contributed by atoms with van der Waals surface area (Å²) in [7, 11) is -2.07. The number of rotatable bonds is 14. The Kier molecular flexibility index (Phi) is 12.0. The average Bonchev–Trinajstić information content (AvgIpc) is 3.12. The Labute approximate surface area is 277 Å². The number of allylic oxidation sites excluding steroid dienone is 1. The Morgan fingerprint density at radius 1 is 0.936 bits per heavy atom. The van der Waals surface area contributed by atoms with Crippen LogP contribution < -0.4 is 14.8 Å². The number of carbonyl (C=O) groups is 2. The van der Waals surface area contributed by atoms with Crippen molar-refractivity contribution in [3.63, 3.8) is 0 Å². The second-order valence-corrected chi connectivity index (χ2v) is 13.5. The summed E-state index contributed by atoms with van der Waals surface area (Å²) in [6.45, 7) is 1.59. The van der Waals surface area contributed by atoms with Crippen molar-refractivity contribution in [2.24, 2.45) is 0 Å². The maximum absolute atomic E-state index is 14.0. The molecule has 11 heteroatoms. The third-order valence-corrected chi connectivity index (χ3v) is 10.3. The highest BCUT2D eigenvalue weighted by atomic mass is 32.2. The Morgan fingerprint density at radius 2 is 1.64 bits per heavy atom. The molecule has 0 saturated carbocycles. The van der Waals surface area contributed by atoms with Gasteiger partial charge in [0.25, 0.3) is 5.91 Å². The molecule has 2 amide bonds. The first-order valence-electron chi connectivity index (χ1n) is 16.1. The number of morpholine rings is 1. The van der Waals surface area contributed by atoms with Crippen molar-refractivity contribution in [2.75, 3.05) is 46.6 Å². The fourth-order valence-electron chi connectivity index (χ4n) is 5.81. The number of carbonyl (C=O) groups excluding carboxylic acids is 2. The van der Waals surface area contributed by atoms with E-state index >= 15 is 0 Å². The van der Waals surface area contributed by atoms with Gasteiger partial charge in [-0.15, -0.1) is 0 Å². The summed E-state index contributed by atoms with van der Waals surface area (Å²) in [5.74, 6) is 0.352. The van der Waals surface area contributed by atoms with Crippen LogP contribution in [0.5, 0.6) is 11.5 Å². The number of ether oxygens (including phenoxy) is 3. The molecule has 250 valence electrons. The molecule has 3 aromatic carbocycles. The quantitative estimate of drug-likeness (QED) is 0.245. The Balaban J connectivity index is 1.34. The lowest BCUT2D eigenvalue weighted by Crippen LogP contribution is -2.45. The molecule has 10 nitrogen and oxygen atoms in total. The van der Waals surface area contributed by atoms with E-state index in [9.17, 15) is 18.0 Å². The number of nitrogens with zero attached hydrogens (tertiary/aromatic N) is 2. The molecule has 1 saturated heterocycles. The van der Waals surface area contributed by atoms with Crippen molar-refractivity contribution >= 4 is 21.8 Å². The zero-order valence-electron chi connectivity index (χ0n) is 26.8. The standard InChI is InChI=1S/C36H43N3O7S/c1-44-31-14-12-29(13-15-31)26-39(35(30-10-6-3-7-11-30)36(41)37-21-20-28-8-4-2-5-9-28)34(40)27-46-32-16-18-33(19-17-32)47(42,43)38-22-24-45-25-23-38/h3,6-8,10-19,35H,2,4-5,9,20-27H2,1H3,(H,37,41)/t35-/m0/s1. The molecule has 47 heavy (non-hydrogen) atoms. The van der Waals surface area contributed by atoms with Gasteiger partial charge in [0.2, 0.25) is 15.9 Å². The number of methoxy groups -OCH3 is 1. The molecule has 1 heterocycles. The topological polar surface area (TPSA) is 114 Å². The molecule has 1 N–H and O–H groups in total. The van der Waals surface area contributed by atoms with Gasteiger partial charge in [0.1, 0.15) is 17.5 Å². The van der Waals surface area contributed by atoms with Gasteiger partial charge in [0, 0.05) is 26.2 Å². The number of amides is 2. The van der Waals surface area contributed by atoms with Gasteiger partial charge in [-0.25, -0.2) is 8.42 Å². The van der Waals surface area contributed by atoms with Crippen LogP contribution in [-0.4, -0.2) is 76.0 Å². The van der Waals surface area contributed by atoms with Gasteiger partial charge < -0.3 is 24.4 Å². The van der Waals surface area contributed by atoms with Gasteiger partial charge in [-0.2, -0.15) is 4.31 Å². The minimum Gasteiger partial charge on any atom is -0.497 e. The minimum atomic E-state index is -3.66. The summed E-state index contributed by atoms with van der Waals surface area (Å²) in [5, 5.41) is 3.09. The number of benzene rings is 3. The van der Waals surface area contributed by atoms with E-state index in [4.69, 9.17) is 14.2 Å². The van der Waals surface area contributed by atoms with Crippen molar-refractivity contribution in [1.29, 1.82) is 0 Å². The molecule has 0 bridgehead atoms. The van der Waals surface area contributed by atoms with Gasteiger partial charge in [-0.3, -0.25) is 9.59 Å². The summed E-state index contributed by atoms with van der Waals surface area (Å²) in [6.07, 6.45) is 7.55. The van der Waals surface area contributed by atoms with Gasteiger partial charge in [0.15, 0.2) is 6.61 Å². The highest BCUT2D eigenvalue weighted by Crippen LogP contribution is 2.26. The Morgan fingerprint density at radius 3 is 2.30 bits per heavy atom. The first kappa shape index (κ1) is 34.2. The lowest BCUT2D eigenvalue weighted by molar-refractivity contribution is -0.143. The van der Waals surface area contributed by atoms with Crippen LogP contribution in [0.4, 0.5) is 0 Å². The van der Waals surface area contributed by atoms with E-state index in [0.29, 0.717) is 49.9 Å². The molecule has 1 fully saturated rings. The molecular formula is C36H43N3O7S. The van der Waals surface area contributed by atoms with Crippen LogP contribution in [0, 0.1) is 0 Å². The van der Waals surface area contributed by atoms with E-state index in [0.717, 1.165) is 24.8 Å². The van der Waals surface area contributed by atoms with Crippen LogP contribution in [-0.2, 0) is 30.9 Å². The molecule has 0 aromatic heterocycles. The van der Waals surface area contributed by atoms with Gasteiger partial charge in [-0.1, -0.05) is 54.1 Å². The van der Waals surface area contributed by atoms with Crippen LogP contribution in [0.1, 0.15) is 49.3 Å². The summed E-state index contributed by atoms with van der Waals surface area (Å²) < 4.78 is 43.9. The van der Waals surface area contributed by atoms with Gasteiger partial charge in [-0.05, 0) is 79.6 Å². The zero-order chi connectivity index (χ0) is 33.1. The molecule has 0 unspecified atom stereocenters. The minimum absolute atomic E-state index is 0.143. The Hall–Kier alpha value is -4.19. The highest BCUT2D eigenvalue weighted by molar-refractivity contribution is 7.89. The zero-order valence-corrected chi connectivity index (χ0v) is 27.6. The van der Waals surface area contributed by atoms with Crippen molar-refractivity contribution < 1.29 is 32.2 Å². The molecule has 3 aromatic rings. The largest absolute Gasteiger partial charge is 0.497 e. The van der Waals surface area contributed by atoms with Crippen molar-refractivity contribution in [2.45, 2.75) is 49.6 Å². The number of hydrogen-bond donors (Lipinski definition) is 1. The third kappa shape index (κ3) is 9.21. The summed E-state index contributed by atoms with van der Waals surface area (Å²) in [5.41, 5.74) is 2.86. The Bertz CT molecular complexity index is 1600. The first-order chi connectivity index (χ1) is 22.8. The van der Waals surface area contributed by atoms with E-state index in [1.54, 1.807) is 7.11 Å². The molecule has 0 radical (unpaired) electrons. The molecule has 0 spiro atoms. The monoisotopic (exact) mass is 661 g/mol. The van der Waals surface area contributed by atoms with Gasteiger partial charge in [0.05, 0.1) is 25.2 Å². The predicted octanol–water partition coefficient (Wildman–Crippen LogP) is 4.87. The van der Waals surface area contributed by atoms with Crippen LogP contribution in [0.25, 0.3) is 0 Å². The summed E-state index contributed by atoms with van der Waals surface area (Å²) >= 11 is 0. The normalized spacial score (nSPS) is 16.1. The number of nitrogens with one attached hydrogen (secondary N) is 1. The van der Waals surface area contributed by atoms with Crippen molar-refractivity contribution in [3.05, 3.63) is 102 Å². The number of hydrogen-bond acceptors (Lipinski definition) is 7. The molecular weight excluding hydrogens is 618 g/mol. The summed E-state index contributed by atoms with van der Waals surface area (Å²) in [6, 6.07) is 21.7. The van der Waals surface area contributed by atoms with E-state index in [1.165, 1.54) is 51.9 Å². The van der Waals surface area contributed by atoms with Crippen LogP contribution in [0.3, 0.4) is 0 Å². The predicted molar refractivity (Wildman–Crippen MR) is 178 cm³/mol. The molecule has 5 rings (SSSR count). The molecule has 1 aliphatic carbocycles. The fourth-order valence-corrected chi connectivity index (χ4v) is 7.21. The van der Waals surface area contributed by atoms with Crippen molar-refractivity contribution in [3.8, 4) is 11.5 Å². The van der Waals surface area contributed by atoms with Crippen LogP contribution >= 0.6 is 0 Å². The average molecular weight is 662 g/mol. The maximum Gasteiger partial charge on any atom is 0.261 e. The van der Waals surface area contributed by atoms with Crippen molar-refractivity contribution in [1.82, 2.24) is 14.5 Å². The fraction of sp³-hybridized carbons (Fsp3) is 0.389. The van der Waals surface area contributed by atoms with E-state index < -0.39 is 22.0 Å². The van der Waals surface area contributed by atoms with E-state index in [-0.39, 0.29) is 24.0 Å². The highest BCUT2D eigenvalue weighted by Gasteiger charge is 2.32. The second-order valence-electron chi connectivity index (χ2n) is 11.6. The lowest BCUT2D eigenvalue weighted by atomic mass is 9.97. The van der Waals surface area contributed by atoms with Gasteiger partial charge >= 0.3 is 0 Å². The maximum atomic E-state index is 14.0. The van der Waals surface area contributed by atoms with E-state index in [2.05, 4.69) is 11.4 Å². The SMILES string of the molecule is COc1ccc(CN(C(=O)COc2ccc(S(=O)(=O)N3CCOCC3)cc2)[C@H](C(=O)NCCC2=CCCCC2)c2ccccc2)cc1. The summed E-state index contributed by atoms with van der Waals surface area (Å²) in [4.78, 5) is 29.6. The van der Waals surface area contributed by atoms with E-state index in [1.807, 2.05) is 54.6 Å².